The van der Waals surface area contributed by atoms with E-state index in [9.17, 15) is 13.2 Å². The first-order valence-electron chi connectivity index (χ1n) is 8.39. The van der Waals surface area contributed by atoms with Gasteiger partial charge in [-0.05, 0) is 60.1 Å². The quantitative estimate of drug-likeness (QED) is 0.456. The Hall–Kier alpha value is -2.57. The molecule has 3 aromatic carbocycles. The van der Waals surface area contributed by atoms with Crippen LogP contribution >= 0.6 is 23.8 Å². The second kappa shape index (κ2) is 8.63. The number of nitrogens with one attached hydrogen (secondary N) is 2. The van der Waals surface area contributed by atoms with Crippen molar-refractivity contribution in [3.8, 4) is 0 Å². The number of hydrogen-bond donors (Lipinski definition) is 2. The first kappa shape index (κ1) is 20.2. The topological polar surface area (TPSA) is 24.1 Å². The first-order chi connectivity index (χ1) is 13.3. The molecule has 0 aromatic heterocycles. The van der Waals surface area contributed by atoms with E-state index in [-0.39, 0.29) is 15.8 Å². The molecule has 7 heteroatoms. The van der Waals surface area contributed by atoms with Crippen molar-refractivity contribution in [1.82, 2.24) is 0 Å². The molecule has 28 heavy (non-hydrogen) atoms. The lowest BCUT2D eigenvalue weighted by Crippen LogP contribution is -2.19. The lowest BCUT2D eigenvalue weighted by molar-refractivity contribution is -0.137. The van der Waals surface area contributed by atoms with Crippen molar-refractivity contribution < 1.29 is 13.2 Å². The molecule has 3 rings (SSSR count). The van der Waals surface area contributed by atoms with Crippen LogP contribution in [0.15, 0.2) is 72.8 Å². The van der Waals surface area contributed by atoms with Crippen molar-refractivity contribution >= 4 is 40.3 Å². The van der Waals surface area contributed by atoms with Crippen LogP contribution < -0.4 is 10.6 Å². The van der Waals surface area contributed by atoms with E-state index in [1.165, 1.54) is 17.7 Å². The minimum Gasteiger partial charge on any atom is -0.332 e. The van der Waals surface area contributed by atoms with Gasteiger partial charge in [0.05, 0.1) is 10.6 Å². The van der Waals surface area contributed by atoms with Gasteiger partial charge in [0, 0.05) is 11.4 Å². The van der Waals surface area contributed by atoms with Crippen LogP contribution in [0, 0.1) is 0 Å². The summed E-state index contributed by atoms with van der Waals surface area (Å²) in [6.45, 7) is 0. The SMILES string of the molecule is FC(F)(F)c1cc(NC(=S)Nc2ccc(Cc3ccccc3)cc2)ccc1Cl. The minimum atomic E-state index is -4.53. The fourth-order valence-electron chi connectivity index (χ4n) is 2.65. The maximum atomic E-state index is 12.9. The second-order valence-corrected chi connectivity index (χ2v) is 6.95. The van der Waals surface area contributed by atoms with Gasteiger partial charge in [0.25, 0.3) is 0 Å². The fraction of sp³-hybridized carbons (Fsp3) is 0.0952. The summed E-state index contributed by atoms with van der Waals surface area (Å²) in [5.74, 6) is 0. The van der Waals surface area contributed by atoms with Crippen molar-refractivity contribution in [2.75, 3.05) is 10.6 Å². The van der Waals surface area contributed by atoms with Crippen molar-refractivity contribution in [2.24, 2.45) is 0 Å². The molecular weight excluding hydrogens is 405 g/mol. The molecule has 0 bridgehead atoms. The Labute approximate surface area is 171 Å². The highest BCUT2D eigenvalue weighted by Crippen LogP contribution is 2.36. The molecule has 0 fully saturated rings. The smallest absolute Gasteiger partial charge is 0.332 e. The third kappa shape index (κ3) is 5.47. The highest BCUT2D eigenvalue weighted by Gasteiger charge is 2.33. The van der Waals surface area contributed by atoms with Crippen LogP contribution in [0.25, 0.3) is 0 Å². The lowest BCUT2D eigenvalue weighted by atomic mass is 10.1. The zero-order valence-corrected chi connectivity index (χ0v) is 16.1. The highest BCUT2D eigenvalue weighted by atomic mass is 35.5. The number of halogens is 4. The van der Waals surface area contributed by atoms with Gasteiger partial charge in [-0.3, -0.25) is 0 Å². The van der Waals surface area contributed by atoms with Gasteiger partial charge < -0.3 is 10.6 Å². The molecule has 0 aliphatic carbocycles. The van der Waals surface area contributed by atoms with Crippen LogP contribution in [0.1, 0.15) is 16.7 Å². The number of alkyl halides is 3. The zero-order chi connectivity index (χ0) is 20.1. The van der Waals surface area contributed by atoms with Crippen molar-refractivity contribution in [3.05, 3.63) is 94.5 Å². The molecule has 0 saturated carbocycles. The summed E-state index contributed by atoms with van der Waals surface area (Å²) in [6.07, 6.45) is -3.72. The van der Waals surface area contributed by atoms with E-state index in [2.05, 4.69) is 22.8 Å². The summed E-state index contributed by atoms with van der Waals surface area (Å²) in [5.41, 5.74) is 2.38. The molecule has 144 valence electrons. The molecule has 0 radical (unpaired) electrons. The van der Waals surface area contributed by atoms with E-state index < -0.39 is 11.7 Å². The largest absolute Gasteiger partial charge is 0.417 e. The van der Waals surface area contributed by atoms with Gasteiger partial charge in [-0.1, -0.05) is 54.1 Å². The van der Waals surface area contributed by atoms with Gasteiger partial charge in [0.1, 0.15) is 0 Å². The van der Waals surface area contributed by atoms with E-state index in [4.69, 9.17) is 23.8 Å². The second-order valence-electron chi connectivity index (χ2n) is 6.13. The van der Waals surface area contributed by atoms with Crippen LogP contribution in [-0.2, 0) is 12.6 Å². The van der Waals surface area contributed by atoms with E-state index >= 15 is 0 Å². The molecular formula is C21H16ClF3N2S. The molecule has 0 amide bonds. The molecule has 0 saturated heterocycles. The average molecular weight is 421 g/mol. The standard InChI is InChI=1S/C21H16ClF3N2S/c22-19-11-10-17(13-18(19)21(23,24)25)27-20(28)26-16-8-6-15(7-9-16)12-14-4-2-1-3-5-14/h1-11,13H,12H2,(H2,26,27,28). The Morgan fingerprint density at radius 1 is 0.821 bits per heavy atom. The summed E-state index contributed by atoms with van der Waals surface area (Å²) in [5, 5.41) is 5.54. The Morgan fingerprint density at radius 2 is 1.39 bits per heavy atom. The normalized spacial score (nSPS) is 11.1. The predicted octanol–water partition coefficient (Wildman–Crippen LogP) is 6.76. The number of anilines is 2. The van der Waals surface area contributed by atoms with Crippen molar-refractivity contribution in [1.29, 1.82) is 0 Å². The number of thiocarbonyl (C=S) groups is 1. The van der Waals surface area contributed by atoms with Gasteiger partial charge in [0.15, 0.2) is 5.11 Å². The third-order valence-corrected chi connectivity index (χ3v) is 4.53. The molecule has 0 spiro atoms. The lowest BCUT2D eigenvalue weighted by Gasteiger charge is -2.14. The van der Waals surface area contributed by atoms with Crippen molar-refractivity contribution in [2.45, 2.75) is 12.6 Å². The molecule has 0 heterocycles. The monoisotopic (exact) mass is 420 g/mol. The summed E-state index contributed by atoms with van der Waals surface area (Å²) in [6, 6.07) is 21.3. The van der Waals surface area contributed by atoms with Crippen molar-refractivity contribution in [3.63, 3.8) is 0 Å². The van der Waals surface area contributed by atoms with Crippen LogP contribution in [0.5, 0.6) is 0 Å². The van der Waals surface area contributed by atoms with Gasteiger partial charge >= 0.3 is 6.18 Å². The van der Waals surface area contributed by atoms with Gasteiger partial charge in [-0.2, -0.15) is 13.2 Å². The number of benzene rings is 3. The number of rotatable bonds is 4. The summed E-state index contributed by atoms with van der Waals surface area (Å²) >= 11 is 10.8. The van der Waals surface area contributed by atoms with Crippen LogP contribution in [-0.4, -0.2) is 5.11 Å². The van der Waals surface area contributed by atoms with Crippen LogP contribution in [0.2, 0.25) is 5.02 Å². The molecule has 0 aliphatic heterocycles. The summed E-state index contributed by atoms with van der Waals surface area (Å²) in [7, 11) is 0. The molecule has 2 N–H and O–H groups in total. The van der Waals surface area contributed by atoms with Crippen LogP contribution in [0.3, 0.4) is 0 Å². The van der Waals surface area contributed by atoms with E-state index in [1.54, 1.807) is 0 Å². The van der Waals surface area contributed by atoms with Gasteiger partial charge in [0.2, 0.25) is 0 Å². The van der Waals surface area contributed by atoms with E-state index in [0.29, 0.717) is 0 Å². The van der Waals surface area contributed by atoms with E-state index in [1.807, 2.05) is 42.5 Å². The molecule has 3 aromatic rings. The fourth-order valence-corrected chi connectivity index (χ4v) is 3.11. The van der Waals surface area contributed by atoms with Crippen LogP contribution in [0.4, 0.5) is 24.5 Å². The third-order valence-electron chi connectivity index (χ3n) is 3.99. The number of hydrogen-bond acceptors (Lipinski definition) is 1. The Bertz CT molecular complexity index is 958. The maximum Gasteiger partial charge on any atom is 0.417 e. The molecule has 0 unspecified atom stereocenters. The summed E-state index contributed by atoms with van der Waals surface area (Å²) in [4.78, 5) is 0. The molecule has 0 atom stereocenters. The zero-order valence-electron chi connectivity index (χ0n) is 14.6. The molecule has 0 aliphatic rings. The summed E-state index contributed by atoms with van der Waals surface area (Å²) < 4.78 is 38.8. The average Bonchev–Trinajstić information content (AvgIpc) is 2.65. The first-order valence-corrected chi connectivity index (χ1v) is 9.17. The predicted molar refractivity (Wildman–Crippen MR) is 112 cm³/mol. The highest BCUT2D eigenvalue weighted by molar-refractivity contribution is 7.80. The van der Waals surface area contributed by atoms with Gasteiger partial charge in [-0.25, -0.2) is 0 Å². The maximum absolute atomic E-state index is 12.9. The Morgan fingerprint density at radius 3 is 2.04 bits per heavy atom. The Kier molecular flexibility index (Phi) is 6.21. The van der Waals surface area contributed by atoms with E-state index in [0.717, 1.165) is 23.7 Å². The Balaban J connectivity index is 1.62. The van der Waals surface area contributed by atoms with Gasteiger partial charge in [-0.15, -0.1) is 0 Å². The minimum absolute atomic E-state index is 0.186. The molecule has 2 nitrogen and oxygen atoms in total.